The van der Waals surface area contributed by atoms with Gasteiger partial charge in [0.1, 0.15) is 0 Å². The maximum Gasteiger partial charge on any atom is 0.257 e. The summed E-state index contributed by atoms with van der Waals surface area (Å²) in [4.78, 5) is 18.4. The molecule has 1 aromatic heterocycles. The summed E-state index contributed by atoms with van der Waals surface area (Å²) in [5.41, 5.74) is 13.5. The largest absolute Gasteiger partial charge is 0.370 e. The van der Waals surface area contributed by atoms with E-state index in [1.54, 1.807) is 25.4 Å². The van der Waals surface area contributed by atoms with Gasteiger partial charge in [0.2, 0.25) is 0 Å². The first kappa shape index (κ1) is 22.1. The van der Waals surface area contributed by atoms with Crippen LogP contribution in [-0.4, -0.2) is 41.9 Å². The van der Waals surface area contributed by atoms with E-state index in [9.17, 15) is 4.79 Å². The van der Waals surface area contributed by atoms with Crippen LogP contribution >= 0.6 is 0 Å². The zero-order chi connectivity index (χ0) is 21.4. The number of aryl methyl sites for hydroxylation is 1. The first-order chi connectivity index (χ1) is 13.9. The molecule has 0 atom stereocenters. The number of hydrogen-bond acceptors (Lipinski definition) is 5. The van der Waals surface area contributed by atoms with E-state index in [0.29, 0.717) is 17.8 Å². The number of pyridine rings is 1. The van der Waals surface area contributed by atoms with E-state index >= 15 is 0 Å². The number of carbonyl (C=O) groups excluding carboxylic acids is 1. The first-order valence-electron chi connectivity index (χ1n) is 9.35. The maximum atomic E-state index is 12.4. The molecule has 29 heavy (non-hydrogen) atoms. The van der Waals surface area contributed by atoms with E-state index in [0.717, 1.165) is 24.2 Å². The predicted molar refractivity (Wildman–Crippen MR) is 119 cm³/mol. The van der Waals surface area contributed by atoms with Crippen LogP contribution in [0.15, 0.2) is 48.2 Å². The van der Waals surface area contributed by atoms with Gasteiger partial charge in [0.15, 0.2) is 5.96 Å². The van der Waals surface area contributed by atoms with E-state index in [1.165, 1.54) is 11.1 Å². The Morgan fingerprint density at radius 3 is 2.48 bits per heavy atom. The van der Waals surface area contributed by atoms with Gasteiger partial charge in [-0.1, -0.05) is 17.7 Å². The summed E-state index contributed by atoms with van der Waals surface area (Å²) in [5.74, 6) is 4.53. The Kier molecular flexibility index (Phi) is 7.88. The molecule has 2 heterocycles. The third kappa shape index (κ3) is 5.87. The van der Waals surface area contributed by atoms with Crippen molar-refractivity contribution in [3.8, 4) is 0 Å². The van der Waals surface area contributed by atoms with Crippen molar-refractivity contribution < 1.29 is 6.22 Å². The molecule has 0 unspecified atom stereocenters. The molecule has 0 saturated carbocycles. The molecule has 0 aliphatic carbocycles. The average molecular weight is 398 g/mol. The van der Waals surface area contributed by atoms with Crippen molar-refractivity contribution in [3.63, 3.8) is 0 Å². The van der Waals surface area contributed by atoms with Crippen molar-refractivity contribution in [2.24, 2.45) is 11.6 Å². The molecule has 156 valence electrons. The molecule has 0 spiro atoms. The van der Waals surface area contributed by atoms with Crippen LogP contribution in [0.5, 0.6) is 0 Å². The third-order valence-corrected chi connectivity index (χ3v) is 4.70. The lowest BCUT2D eigenvalue weighted by atomic mass is 9.95. The van der Waals surface area contributed by atoms with Gasteiger partial charge in [-0.05, 0) is 62.7 Å². The summed E-state index contributed by atoms with van der Waals surface area (Å²) in [5, 5.41) is 10.6. The van der Waals surface area contributed by atoms with Gasteiger partial charge in [-0.25, -0.2) is 0 Å². The Hall–Kier alpha value is -3.23. The minimum atomic E-state index is -0.167. The van der Waals surface area contributed by atoms with Gasteiger partial charge in [-0.2, -0.15) is 0 Å². The fourth-order valence-electron chi connectivity index (χ4n) is 3.08. The van der Waals surface area contributed by atoms with Crippen LogP contribution in [0.4, 0.5) is 5.69 Å². The van der Waals surface area contributed by atoms with Crippen molar-refractivity contribution >= 4 is 23.1 Å². The normalized spacial score (nSPS) is 13.4. The Bertz CT molecular complexity index is 896. The van der Waals surface area contributed by atoms with Crippen molar-refractivity contribution in [2.75, 3.05) is 25.5 Å². The van der Waals surface area contributed by atoms with Crippen LogP contribution in [0, 0.1) is 12.3 Å². The Morgan fingerprint density at radius 2 is 1.90 bits per heavy atom. The number of anilines is 1. The first-order valence-corrected chi connectivity index (χ1v) is 9.35. The highest BCUT2D eigenvalue weighted by Crippen LogP contribution is 2.27. The van der Waals surface area contributed by atoms with Gasteiger partial charge in [0.25, 0.3) is 5.91 Å². The lowest BCUT2D eigenvalue weighted by molar-refractivity contribution is 0.102. The molecular weight excluding hydrogens is 366 g/mol. The number of hydrogen-bond donors (Lipinski definition) is 5. The number of nitrogens with one attached hydrogen (secondary N) is 3. The Balaban J connectivity index is 0.00000106. The Morgan fingerprint density at radius 1 is 1.24 bits per heavy atom. The lowest BCUT2D eigenvalue weighted by Gasteiger charge is -2.30. The number of rotatable bonds is 3. The maximum absolute atomic E-state index is 12.4. The van der Waals surface area contributed by atoms with Gasteiger partial charge >= 0.3 is 0 Å². The van der Waals surface area contributed by atoms with Gasteiger partial charge in [-0.15, -0.1) is 0 Å². The molecule has 1 amide bonds. The van der Waals surface area contributed by atoms with Crippen LogP contribution in [0.1, 0.15) is 36.4 Å². The summed E-state index contributed by atoms with van der Waals surface area (Å²) in [6.45, 7) is 5.36. The number of amides is 1. The molecule has 0 fully saturated rings. The number of guanidine groups is 1. The number of hydrazine groups is 1. The molecule has 1 aliphatic rings. The second-order valence-electron chi connectivity index (χ2n) is 6.77. The smallest absolute Gasteiger partial charge is 0.257 e. The summed E-state index contributed by atoms with van der Waals surface area (Å²) < 4.78 is 0. The van der Waals surface area contributed by atoms with Crippen LogP contribution in [0.3, 0.4) is 0 Å². The zero-order valence-corrected chi connectivity index (χ0v) is 17.1. The van der Waals surface area contributed by atoms with Gasteiger partial charge < -0.3 is 16.0 Å². The molecule has 3 rings (SSSR count). The van der Waals surface area contributed by atoms with Gasteiger partial charge in [-0.3, -0.25) is 26.5 Å². The number of benzene rings is 1. The SMILES string of the molecule is CC1=C(c2ccc(NC(=O)c3cccnc3C)cc2)CN(C(=N)N)CC1.CNN.[HH]. The number of carbonyl (C=O) groups is 1. The van der Waals surface area contributed by atoms with E-state index < -0.39 is 0 Å². The number of nitrogens with two attached hydrogens (primary N) is 2. The lowest BCUT2D eigenvalue weighted by Crippen LogP contribution is -2.40. The van der Waals surface area contributed by atoms with E-state index in [1.807, 2.05) is 36.1 Å². The van der Waals surface area contributed by atoms with Crippen LogP contribution in [0.2, 0.25) is 0 Å². The molecule has 2 aromatic rings. The topological polar surface area (TPSA) is 133 Å². The molecule has 8 heteroatoms. The molecule has 1 aromatic carbocycles. The van der Waals surface area contributed by atoms with Crippen molar-refractivity contribution in [2.45, 2.75) is 20.3 Å². The fourth-order valence-corrected chi connectivity index (χ4v) is 3.08. The summed E-state index contributed by atoms with van der Waals surface area (Å²) >= 11 is 0. The molecular formula is C21H31N7O. The second-order valence-corrected chi connectivity index (χ2v) is 6.77. The highest BCUT2D eigenvalue weighted by molar-refractivity contribution is 6.05. The predicted octanol–water partition coefficient (Wildman–Crippen LogP) is 2.34. The monoisotopic (exact) mass is 397 g/mol. The molecule has 0 bridgehead atoms. The minimum absolute atomic E-state index is 0. The van der Waals surface area contributed by atoms with Gasteiger partial charge in [0, 0.05) is 32.1 Å². The highest BCUT2D eigenvalue weighted by atomic mass is 16.1. The van der Waals surface area contributed by atoms with Crippen molar-refractivity contribution in [3.05, 3.63) is 65.0 Å². The summed E-state index contributed by atoms with van der Waals surface area (Å²) in [6, 6.07) is 11.3. The molecule has 7 N–H and O–H groups in total. The number of nitrogens with zero attached hydrogens (tertiary/aromatic N) is 2. The van der Waals surface area contributed by atoms with E-state index in [4.69, 9.17) is 11.1 Å². The standard InChI is InChI=1S/C20H23N5O.CH6N2.H2/c1-13-9-11-25(20(21)22)12-18(13)15-5-7-16(8-6-15)24-19(26)17-4-3-10-23-14(17)2;1-3-2;/h3-8,10H,9,11-12H2,1-2H3,(H3,21,22)(H,24,26);3H,2H2,1H3;1H. The van der Waals surface area contributed by atoms with E-state index in [2.05, 4.69) is 28.5 Å². The summed E-state index contributed by atoms with van der Waals surface area (Å²) in [6.07, 6.45) is 2.57. The van der Waals surface area contributed by atoms with E-state index in [-0.39, 0.29) is 13.3 Å². The zero-order valence-electron chi connectivity index (χ0n) is 17.1. The minimum Gasteiger partial charge on any atom is -0.370 e. The quantitative estimate of drug-likeness (QED) is 0.234. The molecule has 0 radical (unpaired) electrons. The highest BCUT2D eigenvalue weighted by Gasteiger charge is 2.18. The third-order valence-electron chi connectivity index (χ3n) is 4.70. The summed E-state index contributed by atoms with van der Waals surface area (Å²) in [7, 11) is 1.65. The van der Waals surface area contributed by atoms with Crippen molar-refractivity contribution in [1.29, 1.82) is 5.41 Å². The molecule has 1 aliphatic heterocycles. The van der Waals surface area contributed by atoms with Crippen LogP contribution in [0.25, 0.3) is 5.57 Å². The Labute approximate surface area is 173 Å². The average Bonchev–Trinajstić information content (AvgIpc) is 2.70. The molecule has 8 nitrogen and oxygen atoms in total. The van der Waals surface area contributed by atoms with Crippen LogP contribution < -0.4 is 22.3 Å². The van der Waals surface area contributed by atoms with Gasteiger partial charge in [0.05, 0.1) is 5.56 Å². The van der Waals surface area contributed by atoms with Crippen molar-refractivity contribution in [1.82, 2.24) is 15.3 Å². The second kappa shape index (κ2) is 10.4. The van der Waals surface area contributed by atoms with Crippen LogP contribution in [-0.2, 0) is 0 Å². The number of aromatic nitrogens is 1. The fraction of sp³-hybridized carbons (Fsp3) is 0.286. The molecule has 0 saturated heterocycles.